The molecular formula is C9H15N3O2. The van der Waals surface area contributed by atoms with Crippen LogP contribution in [0.25, 0.3) is 0 Å². The second-order valence-electron chi connectivity index (χ2n) is 2.66. The van der Waals surface area contributed by atoms with E-state index in [0.717, 1.165) is 6.42 Å². The highest BCUT2D eigenvalue weighted by molar-refractivity contribution is 5.25. The highest BCUT2D eigenvalue weighted by Gasteiger charge is 1.97. The van der Waals surface area contributed by atoms with Crippen molar-refractivity contribution >= 4 is 5.95 Å². The highest BCUT2D eigenvalue weighted by Crippen LogP contribution is 2.07. The van der Waals surface area contributed by atoms with E-state index in [1.807, 2.05) is 0 Å². The molecule has 1 heterocycles. The lowest BCUT2D eigenvalue weighted by molar-refractivity contribution is 0.170. The maximum atomic E-state index is 5.38. The first-order valence-electron chi connectivity index (χ1n) is 4.49. The third kappa shape index (κ3) is 3.57. The Morgan fingerprint density at radius 1 is 1.43 bits per heavy atom. The van der Waals surface area contributed by atoms with E-state index in [9.17, 15) is 0 Å². The zero-order valence-electron chi connectivity index (χ0n) is 8.49. The van der Waals surface area contributed by atoms with Gasteiger partial charge < -0.3 is 14.8 Å². The van der Waals surface area contributed by atoms with Crippen LogP contribution < -0.4 is 10.1 Å². The van der Waals surface area contributed by atoms with Gasteiger partial charge in [-0.25, -0.2) is 4.98 Å². The van der Waals surface area contributed by atoms with E-state index in [2.05, 4.69) is 15.3 Å². The van der Waals surface area contributed by atoms with Gasteiger partial charge in [0.1, 0.15) is 0 Å². The lowest BCUT2D eigenvalue weighted by Crippen LogP contribution is -2.04. The van der Waals surface area contributed by atoms with Crippen molar-refractivity contribution in [1.82, 2.24) is 9.97 Å². The molecule has 0 saturated heterocycles. The molecule has 5 heteroatoms. The summed E-state index contributed by atoms with van der Waals surface area (Å²) < 4.78 is 10.3. The van der Waals surface area contributed by atoms with Crippen molar-refractivity contribution in [3.05, 3.63) is 12.3 Å². The zero-order valence-corrected chi connectivity index (χ0v) is 8.49. The van der Waals surface area contributed by atoms with Gasteiger partial charge in [0.25, 0.3) is 0 Å². The highest BCUT2D eigenvalue weighted by atomic mass is 16.5. The number of hydrogen-bond donors (Lipinski definition) is 1. The number of hydrogen-bond acceptors (Lipinski definition) is 5. The third-order valence-corrected chi connectivity index (χ3v) is 1.60. The molecule has 0 bridgehead atoms. The minimum absolute atomic E-state index is 0.564. The smallest absolute Gasteiger partial charge is 0.225 e. The molecule has 0 atom stereocenters. The number of nitrogens with zero attached hydrogens (tertiary/aromatic N) is 2. The third-order valence-electron chi connectivity index (χ3n) is 1.60. The minimum Gasteiger partial charge on any atom is -0.477 e. The molecule has 0 unspecified atom stereocenters. The first-order chi connectivity index (χ1) is 6.86. The molecular weight excluding hydrogens is 182 g/mol. The fourth-order valence-corrected chi connectivity index (χ4v) is 0.923. The summed E-state index contributed by atoms with van der Waals surface area (Å²) in [5.41, 5.74) is 0. The number of rotatable bonds is 6. The van der Waals surface area contributed by atoms with Crippen molar-refractivity contribution in [3.8, 4) is 5.88 Å². The van der Waals surface area contributed by atoms with Gasteiger partial charge >= 0.3 is 0 Å². The molecule has 14 heavy (non-hydrogen) atoms. The van der Waals surface area contributed by atoms with E-state index in [-0.39, 0.29) is 0 Å². The fraction of sp³-hybridized carbons (Fsp3) is 0.556. The van der Waals surface area contributed by atoms with E-state index in [1.54, 1.807) is 26.4 Å². The van der Waals surface area contributed by atoms with Crippen molar-refractivity contribution in [2.45, 2.75) is 6.42 Å². The van der Waals surface area contributed by atoms with Crippen molar-refractivity contribution in [1.29, 1.82) is 0 Å². The molecule has 1 N–H and O–H groups in total. The topological polar surface area (TPSA) is 56.3 Å². The normalized spacial score (nSPS) is 9.86. The largest absolute Gasteiger partial charge is 0.477 e. The number of anilines is 1. The summed E-state index contributed by atoms with van der Waals surface area (Å²) in [7, 11) is 3.44. The molecule has 1 aromatic rings. The maximum absolute atomic E-state index is 5.38. The second-order valence-corrected chi connectivity index (χ2v) is 2.66. The summed E-state index contributed by atoms with van der Waals surface area (Å²) in [5.74, 6) is 1.15. The van der Waals surface area contributed by atoms with E-state index in [4.69, 9.17) is 9.47 Å². The van der Waals surface area contributed by atoms with E-state index in [0.29, 0.717) is 25.0 Å². The summed E-state index contributed by atoms with van der Waals surface area (Å²) in [5, 5.41) is 2.84. The second kappa shape index (κ2) is 6.15. The predicted molar refractivity (Wildman–Crippen MR) is 53.6 cm³/mol. The molecule has 0 saturated carbocycles. The Morgan fingerprint density at radius 2 is 2.29 bits per heavy atom. The van der Waals surface area contributed by atoms with E-state index >= 15 is 0 Å². The Hall–Kier alpha value is -1.36. The van der Waals surface area contributed by atoms with Crippen LogP contribution in [0.3, 0.4) is 0 Å². The average molecular weight is 197 g/mol. The number of methoxy groups -OCH3 is 1. The number of ether oxygens (including phenoxy) is 2. The van der Waals surface area contributed by atoms with Crippen molar-refractivity contribution in [2.75, 3.05) is 32.7 Å². The van der Waals surface area contributed by atoms with Crippen LogP contribution in [0.2, 0.25) is 0 Å². The van der Waals surface area contributed by atoms with E-state index < -0.39 is 0 Å². The SMILES string of the molecule is CNc1nccc(OCCCOC)n1. The summed E-state index contributed by atoms with van der Waals surface area (Å²) in [6.45, 7) is 1.30. The van der Waals surface area contributed by atoms with Gasteiger partial charge in [0.15, 0.2) is 0 Å². The molecule has 78 valence electrons. The van der Waals surface area contributed by atoms with Crippen molar-refractivity contribution in [3.63, 3.8) is 0 Å². The monoisotopic (exact) mass is 197 g/mol. The minimum atomic E-state index is 0.564. The summed E-state index contributed by atoms with van der Waals surface area (Å²) in [6.07, 6.45) is 2.51. The fourth-order valence-electron chi connectivity index (χ4n) is 0.923. The molecule has 5 nitrogen and oxygen atoms in total. The molecule has 0 aliphatic carbocycles. The van der Waals surface area contributed by atoms with Crippen molar-refractivity contribution in [2.24, 2.45) is 0 Å². The lowest BCUT2D eigenvalue weighted by Gasteiger charge is -2.05. The van der Waals surface area contributed by atoms with Gasteiger partial charge in [-0.05, 0) is 0 Å². The molecule has 0 fully saturated rings. The van der Waals surface area contributed by atoms with Gasteiger partial charge in [-0.15, -0.1) is 0 Å². The van der Waals surface area contributed by atoms with Crippen LogP contribution in [-0.4, -0.2) is 37.3 Å². The zero-order chi connectivity index (χ0) is 10.2. The molecule has 0 spiro atoms. The molecule has 0 radical (unpaired) electrons. The molecule has 0 aliphatic rings. The standard InChI is InChI=1S/C9H15N3O2/c1-10-9-11-5-4-8(12-9)14-7-3-6-13-2/h4-5H,3,6-7H2,1-2H3,(H,10,11,12). The Morgan fingerprint density at radius 3 is 3.00 bits per heavy atom. The van der Waals surface area contributed by atoms with Gasteiger partial charge in [0, 0.05) is 39.4 Å². The average Bonchev–Trinajstić information content (AvgIpc) is 2.25. The van der Waals surface area contributed by atoms with Crippen LogP contribution in [0.1, 0.15) is 6.42 Å². The molecule has 0 amide bonds. The van der Waals surface area contributed by atoms with Crippen molar-refractivity contribution < 1.29 is 9.47 Å². The van der Waals surface area contributed by atoms with Crippen LogP contribution in [0.5, 0.6) is 5.88 Å². The Bertz CT molecular complexity index is 268. The van der Waals surface area contributed by atoms with Crippen LogP contribution in [0.4, 0.5) is 5.95 Å². The molecule has 1 rings (SSSR count). The van der Waals surface area contributed by atoms with Crippen LogP contribution in [0.15, 0.2) is 12.3 Å². The number of nitrogens with one attached hydrogen (secondary N) is 1. The van der Waals surface area contributed by atoms with E-state index in [1.165, 1.54) is 0 Å². The Labute approximate surface area is 83.5 Å². The van der Waals surface area contributed by atoms with Crippen LogP contribution in [-0.2, 0) is 4.74 Å². The Balaban J connectivity index is 2.34. The van der Waals surface area contributed by atoms with Gasteiger partial charge in [-0.3, -0.25) is 0 Å². The quantitative estimate of drug-likeness (QED) is 0.688. The Kier molecular flexibility index (Phi) is 4.71. The molecule has 0 aromatic carbocycles. The first-order valence-corrected chi connectivity index (χ1v) is 4.49. The van der Waals surface area contributed by atoms with Gasteiger partial charge in [0.05, 0.1) is 6.61 Å². The van der Waals surface area contributed by atoms with Gasteiger partial charge in [0.2, 0.25) is 11.8 Å². The maximum Gasteiger partial charge on any atom is 0.225 e. The molecule has 1 aromatic heterocycles. The predicted octanol–water partition coefficient (Wildman–Crippen LogP) is 0.934. The van der Waals surface area contributed by atoms with Gasteiger partial charge in [-0.1, -0.05) is 0 Å². The number of aromatic nitrogens is 2. The van der Waals surface area contributed by atoms with Gasteiger partial charge in [-0.2, -0.15) is 4.98 Å². The summed E-state index contributed by atoms with van der Waals surface area (Å²) in [4.78, 5) is 8.08. The first kappa shape index (κ1) is 10.7. The summed E-state index contributed by atoms with van der Waals surface area (Å²) in [6, 6.07) is 1.73. The lowest BCUT2D eigenvalue weighted by atomic mass is 10.5. The van der Waals surface area contributed by atoms with Crippen LogP contribution in [0, 0.1) is 0 Å². The molecule has 0 aliphatic heterocycles. The summed E-state index contributed by atoms with van der Waals surface area (Å²) >= 11 is 0. The van der Waals surface area contributed by atoms with Crippen LogP contribution >= 0.6 is 0 Å².